The van der Waals surface area contributed by atoms with Crippen molar-refractivity contribution in [2.45, 2.75) is 19.4 Å². The van der Waals surface area contributed by atoms with Gasteiger partial charge in [-0.1, -0.05) is 33.6 Å². The monoisotopic (exact) mass is 340 g/mol. The third kappa shape index (κ3) is 4.20. The Morgan fingerprint density at radius 3 is 2.74 bits per heavy atom. The van der Waals surface area contributed by atoms with Crippen LogP contribution in [-0.2, 0) is 6.42 Å². The molecule has 0 bridgehead atoms. The first kappa shape index (κ1) is 14.3. The van der Waals surface area contributed by atoms with Gasteiger partial charge in [0.15, 0.2) is 0 Å². The lowest BCUT2D eigenvalue weighted by Gasteiger charge is -2.10. The molecule has 2 aromatic rings. The van der Waals surface area contributed by atoms with Gasteiger partial charge in [0.05, 0.1) is 11.2 Å². The van der Waals surface area contributed by atoms with Crippen LogP contribution in [0.5, 0.6) is 11.5 Å². The van der Waals surface area contributed by atoms with Gasteiger partial charge in [-0.2, -0.15) is 0 Å². The van der Waals surface area contributed by atoms with E-state index in [0.717, 1.165) is 22.2 Å². The van der Waals surface area contributed by atoms with Crippen molar-refractivity contribution in [3.63, 3.8) is 0 Å². The molecule has 0 spiro atoms. The van der Waals surface area contributed by atoms with Crippen molar-refractivity contribution < 1.29 is 4.74 Å². The molecule has 1 unspecified atom stereocenters. The van der Waals surface area contributed by atoms with Crippen LogP contribution in [0.1, 0.15) is 12.5 Å². The van der Waals surface area contributed by atoms with Crippen LogP contribution < -0.4 is 10.5 Å². The molecule has 0 fully saturated rings. The van der Waals surface area contributed by atoms with E-state index in [2.05, 4.69) is 20.9 Å². The predicted octanol–water partition coefficient (Wildman–Crippen LogP) is 4.18. The summed E-state index contributed by atoms with van der Waals surface area (Å²) in [6, 6.07) is 7.67. The third-order valence-corrected chi connectivity index (χ3v) is 3.43. The van der Waals surface area contributed by atoms with Crippen LogP contribution in [0.4, 0.5) is 0 Å². The first-order valence-corrected chi connectivity index (χ1v) is 7.04. The van der Waals surface area contributed by atoms with Crippen LogP contribution >= 0.6 is 27.5 Å². The molecule has 5 heteroatoms. The molecule has 2 N–H and O–H groups in total. The Kier molecular flexibility index (Phi) is 4.80. The maximum atomic E-state index is 5.86. The molecule has 0 saturated heterocycles. The average molecular weight is 342 g/mol. The Bertz CT molecular complexity index is 575. The molecule has 1 aromatic carbocycles. The van der Waals surface area contributed by atoms with E-state index in [4.69, 9.17) is 22.1 Å². The van der Waals surface area contributed by atoms with Crippen LogP contribution in [0.3, 0.4) is 0 Å². The fourth-order valence-corrected chi connectivity index (χ4v) is 2.37. The number of pyridine rings is 1. The topological polar surface area (TPSA) is 48.1 Å². The Hall–Kier alpha value is -1.10. The highest BCUT2D eigenvalue weighted by atomic mass is 79.9. The lowest BCUT2D eigenvalue weighted by atomic mass is 10.1. The molecular formula is C14H14BrClN2O. The summed E-state index contributed by atoms with van der Waals surface area (Å²) in [6.45, 7) is 1.98. The smallest absolute Gasteiger partial charge is 0.147 e. The normalized spacial score (nSPS) is 12.2. The van der Waals surface area contributed by atoms with E-state index in [1.165, 1.54) is 0 Å². The minimum atomic E-state index is 0.125. The standard InChI is InChI=1S/C14H14BrClN2O/c1-9(17)4-10-2-3-12(6-14(10)15)19-13-5-11(16)7-18-8-13/h2-3,5-9H,4,17H2,1H3. The summed E-state index contributed by atoms with van der Waals surface area (Å²) in [5.74, 6) is 1.34. The molecule has 100 valence electrons. The third-order valence-electron chi connectivity index (χ3n) is 2.48. The summed E-state index contributed by atoms with van der Waals surface area (Å²) in [7, 11) is 0. The van der Waals surface area contributed by atoms with Gasteiger partial charge in [-0.15, -0.1) is 0 Å². The van der Waals surface area contributed by atoms with E-state index in [9.17, 15) is 0 Å². The van der Waals surface area contributed by atoms with Gasteiger partial charge in [0.1, 0.15) is 11.5 Å². The number of aromatic nitrogens is 1. The van der Waals surface area contributed by atoms with Gasteiger partial charge in [0.25, 0.3) is 0 Å². The molecule has 1 aromatic heterocycles. The van der Waals surface area contributed by atoms with Gasteiger partial charge in [-0.25, -0.2) is 0 Å². The molecule has 19 heavy (non-hydrogen) atoms. The highest BCUT2D eigenvalue weighted by molar-refractivity contribution is 9.10. The van der Waals surface area contributed by atoms with Crippen molar-refractivity contribution in [3.05, 3.63) is 51.7 Å². The maximum Gasteiger partial charge on any atom is 0.147 e. The number of hydrogen-bond donors (Lipinski definition) is 1. The zero-order valence-corrected chi connectivity index (χ0v) is 12.8. The van der Waals surface area contributed by atoms with E-state index < -0.39 is 0 Å². The quantitative estimate of drug-likeness (QED) is 0.907. The Balaban J connectivity index is 2.16. The summed E-state index contributed by atoms with van der Waals surface area (Å²) in [6.07, 6.45) is 4.01. The fourth-order valence-electron chi connectivity index (χ4n) is 1.69. The number of halogens is 2. The molecule has 1 heterocycles. The highest BCUT2D eigenvalue weighted by Gasteiger charge is 2.06. The first-order valence-electron chi connectivity index (χ1n) is 5.87. The number of benzene rings is 1. The Morgan fingerprint density at radius 2 is 2.11 bits per heavy atom. The summed E-state index contributed by atoms with van der Waals surface area (Å²) in [4.78, 5) is 3.97. The number of nitrogens with zero attached hydrogens (tertiary/aromatic N) is 1. The average Bonchev–Trinajstić information content (AvgIpc) is 2.32. The van der Waals surface area contributed by atoms with Crippen molar-refractivity contribution in [1.82, 2.24) is 4.98 Å². The van der Waals surface area contributed by atoms with E-state index in [0.29, 0.717) is 10.8 Å². The molecule has 0 aliphatic heterocycles. The summed E-state index contributed by atoms with van der Waals surface area (Å²) in [5, 5.41) is 0.546. The van der Waals surface area contributed by atoms with Gasteiger partial charge >= 0.3 is 0 Å². The molecule has 0 aliphatic rings. The molecule has 2 rings (SSSR count). The molecule has 0 saturated carbocycles. The van der Waals surface area contributed by atoms with E-state index in [1.54, 1.807) is 18.5 Å². The van der Waals surface area contributed by atoms with Crippen LogP contribution in [-0.4, -0.2) is 11.0 Å². The SMILES string of the molecule is CC(N)Cc1ccc(Oc2cncc(Cl)c2)cc1Br. The minimum absolute atomic E-state index is 0.125. The van der Waals surface area contributed by atoms with Crippen molar-refractivity contribution >= 4 is 27.5 Å². The first-order chi connectivity index (χ1) is 9.04. The molecule has 1 atom stereocenters. The predicted molar refractivity (Wildman–Crippen MR) is 80.8 cm³/mol. The zero-order chi connectivity index (χ0) is 13.8. The summed E-state index contributed by atoms with van der Waals surface area (Å²) < 4.78 is 6.68. The lowest BCUT2D eigenvalue weighted by Crippen LogP contribution is -2.17. The molecule has 0 radical (unpaired) electrons. The van der Waals surface area contributed by atoms with Gasteiger partial charge in [-0.05, 0) is 31.0 Å². The van der Waals surface area contributed by atoms with E-state index >= 15 is 0 Å². The number of hydrogen-bond acceptors (Lipinski definition) is 3. The second-order valence-electron chi connectivity index (χ2n) is 4.38. The Morgan fingerprint density at radius 1 is 1.32 bits per heavy atom. The molecule has 0 amide bonds. The van der Waals surface area contributed by atoms with Crippen LogP contribution in [0, 0.1) is 0 Å². The van der Waals surface area contributed by atoms with Crippen molar-refractivity contribution in [2.24, 2.45) is 5.73 Å². The molecule has 3 nitrogen and oxygen atoms in total. The van der Waals surface area contributed by atoms with Gasteiger partial charge in [0.2, 0.25) is 0 Å². The van der Waals surface area contributed by atoms with Crippen LogP contribution in [0.2, 0.25) is 5.02 Å². The highest BCUT2D eigenvalue weighted by Crippen LogP contribution is 2.28. The number of nitrogens with two attached hydrogens (primary N) is 1. The second kappa shape index (κ2) is 6.37. The molecule has 0 aliphatic carbocycles. The minimum Gasteiger partial charge on any atom is -0.456 e. The van der Waals surface area contributed by atoms with Gasteiger partial charge in [-0.3, -0.25) is 4.98 Å². The largest absolute Gasteiger partial charge is 0.456 e. The fraction of sp³-hybridized carbons (Fsp3) is 0.214. The molecular weight excluding hydrogens is 328 g/mol. The summed E-state index contributed by atoms with van der Waals surface area (Å²) in [5.41, 5.74) is 6.96. The number of ether oxygens (including phenoxy) is 1. The van der Waals surface area contributed by atoms with Crippen LogP contribution in [0.25, 0.3) is 0 Å². The van der Waals surface area contributed by atoms with Crippen molar-refractivity contribution in [3.8, 4) is 11.5 Å². The second-order valence-corrected chi connectivity index (χ2v) is 5.67. The maximum absolute atomic E-state index is 5.86. The van der Waals surface area contributed by atoms with Crippen molar-refractivity contribution in [1.29, 1.82) is 0 Å². The Labute approximate surface area is 125 Å². The van der Waals surface area contributed by atoms with Crippen LogP contribution in [0.15, 0.2) is 41.1 Å². The number of rotatable bonds is 4. The summed E-state index contributed by atoms with van der Waals surface area (Å²) >= 11 is 9.39. The van der Waals surface area contributed by atoms with E-state index in [-0.39, 0.29) is 6.04 Å². The lowest BCUT2D eigenvalue weighted by molar-refractivity contribution is 0.479. The van der Waals surface area contributed by atoms with Gasteiger partial charge < -0.3 is 10.5 Å². The van der Waals surface area contributed by atoms with Crippen molar-refractivity contribution in [2.75, 3.05) is 0 Å². The van der Waals surface area contributed by atoms with Gasteiger partial charge in [0, 0.05) is 22.8 Å². The zero-order valence-electron chi connectivity index (χ0n) is 10.4. The van der Waals surface area contributed by atoms with E-state index in [1.807, 2.05) is 25.1 Å².